The number of carbonyl (C=O) groups is 1. The first-order chi connectivity index (χ1) is 8.63. The lowest BCUT2D eigenvalue weighted by atomic mass is 10.3. The molecule has 2 heterocycles. The van der Waals surface area contributed by atoms with E-state index in [2.05, 4.69) is 20.9 Å². The zero-order valence-electron chi connectivity index (χ0n) is 9.91. The van der Waals surface area contributed by atoms with Crippen LogP contribution in [-0.4, -0.2) is 40.3 Å². The fourth-order valence-corrected chi connectivity index (χ4v) is 3.01. The number of thiazole rings is 1. The van der Waals surface area contributed by atoms with E-state index in [9.17, 15) is 9.90 Å². The molecule has 1 saturated heterocycles. The van der Waals surface area contributed by atoms with Crippen molar-refractivity contribution in [3.8, 4) is 0 Å². The van der Waals surface area contributed by atoms with Crippen molar-refractivity contribution in [3.63, 3.8) is 0 Å². The molecule has 98 valence electrons. The van der Waals surface area contributed by atoms with Crippen LogP contribution >= 0.6 is 27.3 Å². The van der Waals surface area contributed by atoms with Crippen LogP contribution in [0, 0.1) is 0 Å². The van der Waals surface area contributed by atoms with Gasteiger partial charge >= 0.3 is 6.03 Å². The summed E-state index contributed by atoms with van der Waals surface area (Å²) in [4.78, 5) is 19.2. The van der Waals surface area contributed by atoms with Gasteiger partial charge in [0.25, 0.3) is 0 Å². The molecule has 2 rings (SSSR count). The van der Waals surface area contributed by atoms with Gasteiger partial charge in [-0.05, 0) is 29.3 Å². The number of aromatic nitrogens is 1. The summed E-state index contributed by atoms with van der Waals surface area (Å²) in [5.41, 5.74) is 0. The largest absolute Gasteiger partial charge is 0.371 e. The molecule has 1 aromatic heterocycles. The van der Waals surface area contributed by atoms with E-state index in [-0.39, 0.29) is 6.03 Å². The molecule has 2 amide bonds. The van der Waals surface area contributed by atoms with Gasteiger partial charge < -0.3 is 10.0 Å². The monoisotopic (exact) mass is 331 g/mol. The van der Waals surface area contributed by atoms with E-state index in [1.54, 1.807) is 11.1 Å². The van der Waals surface area contributed by atoms with E-state index in [0.717, 1.165) is 10.2 Å². The Kier molecular flexibility index (Phi) is 4.36. The molecule has 1 aromatic rings. The van der Waals surface area contributed by atoms with Crippen LogP contribution in [0.25, 0.3) is 0 Å². The Morgan fingerprint density at radius 2 is 2.50 bits per heavy atom. The Balaban J connectivity index is 2.07. The number of halogens is 1. The Morgan fingerprint density at radius 3 is 3.11 bits per heavy atom. The number of nitrogens with zero attached hydrogens (tertiary/aromatic N) is 3. The molecule has 5 nitrogen and oxygen atoms in total. The summed E-state index contributed by atoms with van der Waals surface area (Å²) < 4.78 is 0.838. The highest BCUT2D eigenvalue weighted by atomic mass is 79.9. The first-order valence-electron chi connectivity index (χ1n) is 5.62. The van der Waals surface area contributed by atoms with Crippen molar-refractivity contribution < 1.29 is 9.90 Å². The van der Waals surface area contributed by atoms with Gasteiger partial charge in [0.2, 0.25) is 0 Å². The number of carbonyl (C=O) groups excluding carboxylic acids is 1. The molecular weight excluding hydrogens is 318 g/mol. The normalized spacial score (nSPS) is 20.4. The fourth-order valence-electron chi connectivity index (χ4n) is 1.79. The van der Waals surface area contributed by atoms with Crippen LogP contribution in [0.15, 0.2) is 22.1 Å². The van der Waals surface area contributed by atoms with Crippen molar-refractivity contribution in [2.24, 2.45) is 0 Å². The smallest absolute Gasteiger partial charge is 0.328 e. The van der Waals surface area contributed by atoms with Gasteiger partial charge in [-0.25, -0.2) is 14.7 Å². The van der Waals surface area contributed by atoms with Crippen molar-refractivity contribution in [1.82, 2.24) is 9.88 Å². The molecule has 1 unspecified atom stereocenters. The van der Waals surface area contributed by atoms with Gasteiger partial charge in [0, 0.05) is 6.54 Å². The predicted octanol–water partition coefficient (Wildman–Crippen LogP) is 2.43. The SMILES string of the molecule is CC=CCCN1CC(O)N(c2ncc(Br)s2)C1=O. The predicted molar refractivity (Wildman–Crippen MR) is 74.7 cm³/mol. The number of anilines is 1. The van der Waals surface area contributed by atoms with Crippen LogP contribution in [0.4, 0.5) is 9.93 Å². The molecule has 7 heteroatoms. The molecule has 1 N–H and O–H groups in total. The maximum Gasteiger partial charge on any atom is 0.328 e. The average Bonchev–Trinajstić information content (AvgIpc) is 2.85. The first-order valence-corrected chi connectivity index (χ1v) is 7.23. The summed E-state index contributed by atoms with van der Waals surface area (Å²) in [6, 6.07) is -0.186. The van der Waals surface area contributed by atoms with E-state index >= 15 is 0 Å². The summed E-state index contributed by atoms with van der Waals surface area (Å²) in [7, 11) is 0. The van der Waals surface area contributed by atoms with Gasteiger partial charge in [0.05, 0.1) is 16.5 Å². The van der Waals surface area contributed by atoms with Crippen LogP contribution in [0.2, 0.25) is 0 Å². The maximum atomic E-state index is 12.1. The second-order valence-electron chi connectivity index (χ2n) is 3.88. The lowest BCUT2D eigenvalue weighted by Gasteiger charge is -2.16. The third-order valence-electron chi connectivity index (χ3n) is 2.63. The van der Waals surface area contributed by atoms with Crippen LogP contribution in [0.5, 0.6) is 0 Å². The lowest BCUT2D eigenvalue weighted by molar-refractivity contribution is 0.177. The van der Waals surface area contributed by atoms with E-state index < -0.39 is 6.23 Å². The third-order valence-corrected chi connectivity index (χ3v) is 4.11. The summed E-state index contributed by atoms with van der Waals surface area (Å²) in [5.74, 6) is 0. The van der Waals surface area contributed by atoms with Crippen molar-refractivity contribution in [2.45, 2.75) is 19.6 Å². The van der Waals surface area contributed by atoms with Gasteiger partial charge in [-0.1, -0.05) is 23.5 Å². The molecule has 0 radical (unpaired) electrons. The maximum absolute atomic E-state index is 12.1. The molecule has 1 aliphatic rings. The van der Waals surface area contributed by atoms with Gasteiger partial charge in [0.1, 0.15) is 0 Å². The number of aliphatic hydroxyl groups is 1. The molecule has 18 heavy (non-hydrogen) atoms. The summed E-state index contributed by atoms with van der Waals surface area (Å²) in [5, 5.41) is 10.5. The summed E-state index contributed by atoms with van der Waals surface area (Å²) in [6.45, 7) is 2.89. The molecule has 1 fully saturated rings. The number of amides is 2. The average molecular weight is 332 g/mol. The van der Waals surface area contributed by atoms with Crippen LogP contribution in [0.3, 0.4) is 0 Å². The number of hydrogen-bond acceptors (Lipinski definition) is 4. The Morgan fingerprint density at radius 1 is 1.72 bits per heavy atom. The first kappa shape index (κ1) is 13.5. The summed E-state index contributed by atoms with van der Waals surface area (Å²) >= 11 is 4.63. The molecule has 0 saturated carbocycles. The van der Waals surface area contributed by atoms with Crippen LogP contribution in [-0.2, 0) is 0 Å². The van der Waals surface area contributed by atoms with E-state index in [4.69, 9.17) is 0 Å². The summed E-state index contributed by atoms with van der Waals surface area (Å²) in [6.07, 6.45) is 5.56. The zero-order chi connectivity index (χ0) is 13.1. The van der Waals surface area contributed by atoms with Gasteiger partial charge in [-0.15, -0.1) is 0 Å². The molecule has 0 aliphatic carbocycles. The number of β-amino-alcohol motifs (C(OH)–C–C–N with tert-alkyl or cyclic N) is 1. The van der Waals surface area contributed by atoms with E-state index in [0.29, 0.717) is 18.2 Å². The number of aliphatic hydroxyl groups excluding tert-OH is 1. The second kappa shape index (κ2) is 5.81. The number of allylic oxidation sites excluding steroid dienone is 1. The highest BCUT2D eigenvalue weighted by molar-refractivity contribution is 9.11. The van der Waals surface area contributed by atoms with Gasteiger partial charge in [-0.3, -0.25) is 0 Å². The van der Waals surface area contributed by atoms with Crippen LogP contribution in [0.1, 0.15) is 13.3 Å². The molecule has 0 bridgehead atoms. The Bertz CT molecular complexity index is 463. The second-order valence-corrected chi connectivity index (χ2v) is 6.27. The fraction of sp³-hybridized carbons (Fsp3) is 0.455. The minimum atomic E-state index is -0.818. The highest BCUT2D eigenvalue weighted by Gasteiger charge is 2.38. The molecule has 1 atom stereocenters. The molecule has 1 aliphatic heterocycles. The quantitative estimate of drug-likeness (QED) is 0.862. The Hall–Kier alpha value is -0.920. The third kappa shape index (κ3) is 2.73. The van der Waals surface area contributed by atoms with Gasteiger partial charge in [-0.2, -0.15) is 0 Å². The number of urea groups is 1. The van der Waals surface area contributed by atoms with E-state index in [1.807, 2.05) is 19.1 Å². The molecular formula is C11H14BrN3O2S. The van der Waals surface area contributed by atoms with Crippen molar-refractivity contribution in [2.75, 3.05) is 18.0 Å². The van der Waals surface area contributed by atoms with Crippen molar-refractivity contribution in [1.29, 1.82) is 0 Å². The standard InChI is InChI=1S/C11H14BrN3O2S/c1-2-3-4-5-14-7-9(16)15(11(14)17)10-13-6-8(12)18-10/h2-3,6,9,16H,4-5,7H2,1H3. The van der Waals surface area contributed by atoms with E-state index in [1.165, 1.54) is 16.2 Å². The van der Waals surface area contributed by atoms with Crippen molar-refractivity contribution in [3.05, 3.63) is 22.1 Å². The topological polar surface area (TPSA) is 56.7 Å². The minimum Gasteiger partial charge on any atom is -0.371 e. The minimum absolute atomic E-state index is 0.186. The number of rotatable bonds is 4. The molecule has 0 spiro atoms. The molecule has 0 aromatic carbocycles. The van der Waals surface area contributed by atoms with Crippen LogP contribution < -0.4 is 4.90 Å². The highest BCUT2D eigenvalue weighted by Crippen LogP contribution is 2.30. The Labute approximate surface area is 118 Å². The van der Waals surface area contributed by atoms with Crippen molar-refractivity contribution >= 4 is 38.4 Å². The lowest BCUT2D eigenvalue weighted by Crippen LogP contribution is -2.35. The zero-order valence-corrected chi connectivity index (χ0v) is 12.3. The number of hydrogen-bond donors (Lipinski definition) is 1. The van der Waals surface area contributed by atoms with Gasteiger partial charge in [0.15, 0.2) is 11.4 Å².